The van der Waals surface area contributed by atoms with Crippen LogP contribution in [-0.2, 0) is 4.79 Å². The van der Waals surface area contributed by atoms with E-state index in [0.29, 0.717) is 35.9 Å². The molecule has 0 radical (unpaired) electrons. The number of piperazine rings is 1. The van der Waals surface area contributed by atoms with Gasteiger partial charge in [-0.3, -0.25) is 14.6 Å². The largest absolute Gasteiger partial charge is 0.393 e. The van der Waals surface area contributed by atoms with Gasteiger partial charge in [0.25, 0.3) is 0 Å². The second-order valence-electron chi connectivity index (χ2n) is 10.8. The average Bonchev–Trinajstić information content (AvgIpc) is 2.78. The Balaban J connectivity index is 1.73. The highest BCUT2D eigenvalue weighted by molar-refractivity contribution is 5.78. The maximum atomic E-state index is 12.9. The van der Waals surface area contributed by atoms with E-state index in [2.05, 4.69) is 44.1 Å². The predicted molar refractivity (Wildman–Crippen MR) is 133 cm³/mol. The molecule has 3 rings (SSSR count). The minimum Gasteiger partial charge on any atom is -0.393 e. The second-order valence-corrected chi connectivity index (χ2v) is 10.8. The Labute approximate surface area is 197 Å². The van der Waals surface area contributed by atoms with Crippen molar-refractivity contribution in [3.63, 3.8) is 0 Å². The SMILES string of the molecule is C=CCN1C[C@H](C)N(C(C2CCC(C(=O)N(CC)CC)CC2)C2CCCC(O)C2)C[C@H]1C. The molecule has 3 unspecified atom stereocenters. The highest BCUT2D eigenvalue weighted by Gasteiger charge is 2.43. The minimum absolute atomic E-state index is 0.133. The summed E-state index contributed by atoms with van der Waals surface area (Å²) in [6.07, 6.45) is 10.6. The normalized spacial score (nSPS) is 35.9. The zero-order valence-electron chi connectivity index (χ0n) is 21.2. The first-order valence-corrected chi connectivity index (χ1v) is 13.5. The molecule has 1 N–H and O–H groups in total. The maximum Gasteiger partial charge on any atom is 0.225 e. The van der Waals surface area contributed by atoms with Gasteiger partial charge in [-0.25, -0.2) is 0 Å². The van der Waals surface area contributed by atoms with E-state index in [1.54, 1.807) is 0 Å². The monoisotopic (exact) mass is 447 g/mol. The van der Waals surface area contributed by atoms with Crippen LogP contribution >= 0.6 is 0 Å². The van der Waals surface area contributed by atoms with Crippen molar-refractivity contribution >= 4 is 5.91 Å². The van der Waals surface area contributed by atoms with Gasteiger partial charge in [0.2, 0.25) is 5.91 Å². The molecular formula is C27H49N3O2. The molecule has 3 aliphatic rings. The molecule has 0 bridgehead atoms. The summed E-state index contributed by atoms with van der Waals surface area (Å²) in [7, 11) is 0. The Bertz CT molecular complexity index is 600. The molecule has 1 heterocycles. The fraction of sp³-hybridized carbons (Fsp3) is 0.889. The van der Waals surface area contributed by atoms with Gasteiger partial charge in [-0.05, 0) is 84.5 Å². The van der Waals surface area contributed by atoms with Crippen molar-refractivity contribution in [2.75, 3.05) is 32.7 Å². The summed E-state index contributed by atoms with van der Waals surface area (Å²) in [5.74, 6) is 1.81. The number of hydrogen-bond acceptors (Lipinski definition) is 4. The number of nitrogens with zero attached hydrogens (tertiary/aromatic N) is 3. The standard InChI is InChI=1S/C27H49N3O2/c1-6-16-29-18-21(5)30(19-20(29)4)26(24-10-9-11-25(31)17-24)22-12-14-23(15-13-22)27(32)28(7-2)8-3/h6,20-26,31H,1,7-19H2,2-5H3/t20-,21+,22?,23?,24?,25?,26?/m1/s1. The van der Waals surface area contributed by atoms with Crippen LogP contribution in [0, 0.1) is 17.8 Å². The molecule has 5 atom stereocenters. The minimum atomic E-state index is -0.133. The Morgan fingerprint density at radius 1 is 1.03 bits per heavy atom. The summed E-state index contributed by atoms with van der Waals surface area (Å²) in [6, 6.07) is 1.59. The summed E-state index contributed by atoms with van der Waals surface area (Å²) in [5.41, 5.74) is 0. The highest BCUT2D eigenvalue weighted by Crippen LogP contribution is 2.41. The van der Waals surface area contributed by atoms with Crippen molar-refractivity contribution < 1.29 is 9.90 Å². The van der Waals surface area contributed by atoms with Crippen molar-refractivity contribution in [1.29, 1.82) is 0 Å². The molecule has 0 aromatic carbocycles. The first-order chi connectivity index (χ1) is 15.4. The van der Waals surface area contributed by atoms with Crippen LogP contribution in [0.3, 0.4) is 0 Å². The third kappa shape index (κ3) is 5.95. The quantitative estimate of drug-likeness (QED) is 0.568. The van der Waals surface area contributed by atoms with Gasteiger partial charge < -0.3 is 10.0 Å². The Morgan fingerprint density at radius 3 is 2.31 bits per heavy atom. The molecule has 0 spiro atoms. The van der Waals surface area contributed by atoms with Crippen LogP contribution < -0.4 is 0 Å². The van der Waals surface area contributed by atoms with Gasteiger partial charge in [-0.2, -0.15) is 0 Å². The Hall–Kier alpha value is -0.910. The summed E-state index contributed by atoms with van der Waals surface area (Å²) in [5, 5.41) is 10.5. The number of carbonyl (C=O) groups is 1. The van der Waals surface area contributed by atoms with E-state index in [-0.39, 0.29) is 12.0 Å². The van der Waals surface area contributed by atoms with Crippen LogP contribution in [0.1, 0.15) is 79.1 Å². The van der Waals surface area contributed by atoms with Gasteiger partial charge in [-0.1, -0.05) is 12.5 Å². The topological polar surface area (TPSA) is 47.0 Å². The number of amides is 1. The van der Waals surface area contributed by atoms with Crippen molar-refractivity contribution in [3.8, 4) is 0 Å². The lowest BCUT2D eigenvalue weighted by atomic mass is 9.70. The second kappa shape index (κ2) is 12.0. The van der Waals surface area contributed by atoms with Crippen LogP contribution in [0.15, 0.2) is 12.7 Å². The van der Waals surface area contributed by atoms with Crippen molar-refractivity contribution in [2.24, 2.45) is 17.8 Å². The highest BCUT2D eigenvalue weighted by atomic mass is 16.3. The zero-order chi connectivity index (χ0) is 23.3. The number of aliphatic hydroxyl groups is 1. The van der Waals surface area contributed by atoms with E-state index < -0.39 is 0 Å². The van der Waals surface area contributed by atoms with Crippen molar-refractivity contribution in [2.45, 2.75) is 103 Å². The van der Waals surface area contributed by atoms with Gasteiger partial charge in [0, 0.05) is 56.8 Å². The van der Waals surface area contributed by atoms with E-state index in [1.807, 2.05) is 11.0 Å². The molecule has 0 aromatic rings. The van der Waals surface area contributed by atoms with Crippen LogP contribution in [0.25, 0.3) is 0 Å². The third-order valence-electron chi connectivity index (χ3n) is 8.76. The van der Waals surface area contributed by atoms with E-state index in [9.17, 15) is 9.90 Å². The van der Waals surface area contributed by atoms with Gasteiger partial charge in [0.15, 0.2) is 0 Å². The Kier molecular flexibility index (Phi) is 9.63. The summed E-state index contributed by atoms with van der Waals surface area (Å²) in [4.78, 5) is 20.3. The summed E-state index contributed by atoms with van der Waals surface area (Å²) in [6.45, 7) is 17.7. The van der Waals surface area contributed by atoms with Crippen LogP contribution in [-0.4, -0.2) is 82.7 Å². The van der Waals surface area contributed by atoms with Crippen LogP contribution in [0.2, 0.25) is 0 Å². The van der Waals surface area contributed by atoms with E-state index in [0.717, 1.165) is 77.7 Å². The van der Waals surface area contributed by atoms with Crippen LogP contribution in [0.5, 0.6) is 0 Å². The molecule has 1 amide bonds. The molecule has 2 saturated carbocycles. The smallest absolute Gasteiger partial charge is 0.225 e. The van der Waals surface area contributed by atoms with Crippen molar-refractivity contribution in [3.05, 3.63) is 12.7 Å². The zero-order valence-corrected chi connectivity index (χ0v) is 21.2. The summed E-state index contributed by atoms with van der Waals surface area (Å²) < 4.78 is 0. The van der Waals surface area contributed by atoms with E-state index >= 15 is 0 Å². The maximum absolute atomic E-state index is 12.9. The molecule has 0 aromatic heterocycles. The average molecular weight is 448 g/mol. The van der Waals surface area contributed by atoms with E-state index in [1.165, 1.54) is 6.42 Å². The fourth-order valence-corrected chi connectivity index (χ4v) is 7.00. The molecule has 5 nitrogen and oxygen atoms in total. The Morgan fingerprint density at radius 2 is 1.72 bits per heavy atom. The van der Waals surface area contributed by atoms with Gasteiger partial charge >= 0.3 is 0 Å². The molecule has 32 heavy (non-hydrogen) atoms. The van der Waals surface area contributed by atoms with Gasteiger partial charge in [-0.15, -0.1) is 6.58 Å². The number of aliphatic hydroxyl groups excluding tert-OH is 1. The molecule has 184 valence electrons. The molecule has 1 saturated heterocycles. The molecule has 2 aliphatic carbocycles. The first-order valence-electron chi connectivity index (χ1n) is 13.5. The molecule has 1 aliphatic heterocycles. The number of hydrogen-bond donors (Lipinski definition) is 1. The van der Waals surface area contributed by atoms with E-state index in [4.69, 9.17) is 0 Å². The predicted octanol–water partition coefficient (Wildman–Crippen LogP) is 4.16. The van der Waals surface area contributed by atoms with Gasteiger partial charge in [0.05, 0.1) is 6.10 Å². The van der Waals surface area contributed by atoms with Crippen molar-refractivity contribution in [1.82, 2.24) is 14.7 Å². The van der Waals surface area contributed by atoms with Gasteiger partial charge in [0.1, 0.15) is 0 Å². The van der Waals surface area contributed by atoms with Crippen LogP contribution in [0.4, 0.5) is 0 Å². The third-order valence-corrected chi connectivity index (χ3v) is 8.76. The first kappa shape index (κ1) is 25.7. The summed E-state index contributed by atoms with van der Waals surface area (Å²) >= 11 is 0. The molecule has 5 heteroatoms. The lowest BCUT2D eigenvalue weighted by molar-refractivity contribution is -0.137. The number of carbonyl (C=O) groups excluding carboxylic acids is 1. The lowest BCUT2D eigenvalue weighted by Gasteiger charge is -2.53. The molecule has 3 fully saturated rings. The fourth-order valence-electron chi connectivity index (χ4n) is 7.00. The molecular weight excluding hydrogens is 398 g/mol. The lowest BCUT2D eigenvalue weighted by Crippen LogP contribution is -2.62. The number of rotatable bonds is 8.